The summed E-state index contributed by atoms with van der Waals surface area (Å²) in [6.07, 6.45) is 1.90. The number of fused-ring (bicyclic) bond motifs is 1. The van der Waals surface area contributed by atoms with Crippen molar-refractivity contribution in [2.24, 2.45) is 0 Å². The largest absolute Gasteiger partial charge is 0.423 e. The van der Waals surface area contributed by atoms with Crippen molar-refractivity contribution < 1.29 is 12.8 Å². The molecule has 0 aliphatic carbocycles. The molecular formula is C16H17N3O3S2. The van der Waals surface area contributed by atoms with Crippen molar-refractivity contribution >= 4 is 38.5 Å². The molecule has 4 rings (SSSR count). The topological polar surface area (TPSA) is 75.4 Å². The Bertz CT molecular complexity index is 902. The van der Waals surface area contributed by atoms with Gasteiger partial charge in [-0.05, 0) is 36.4 Å². The van der Waals surface area contributed by atoms with Gasteiger partial charge in [0.2, 0.25) is 10.0 Å². The molecule has 1 aromatic carbocycles. The maximum absolute atomic E-state index is 12.3. The van der Waals surface area contributed by atoms with Gasteiger partial charge in [-0.15, -0.1) is 11.3 Å². The molecule has 1 fully saturated rings. The van der Waals surface area contributed by atoms with E-state index in [1.165, 1.54) is 11.3 Å². The third-order valence-electron chi connectivity index (χ3n) is 4.17. The van der Waals surface area contributed by atoms with Gasteiger partial charge >= 0.3 is 0 Å². The highest BCUT2D eigenvalue weighted by Gasteiger charge is 2.29. The minimum absolute atomic E-state index is 0.0489. The number of anilines is 1. The summed E-state index contributed by atoms with van der Waals surface area (Å²) in [5.41, 5.74) is 1.56. The summed E-state index contributed by atoms with van der Waals surface area (Å²) in [4.78, 5) is 6.58. The second-order valence-corrected chi connectivity index (χ2v) is 8.68. The molecule has 0 radical (unpaired) electrons. The number of hydrogen-bond acceptors (Lipinski definition) is 6. The Morgan fingerprint density at radius 1 is 1.29 bits per heavy atom. The SMILES string of the molecule is O=S(=O)(NCC1CCCN1c1nc2ccccc2o1)c1cccs1. The Balaban J connectivity index is 1.51. The van der Waals surface area contributed by atoms with Crippen molar-refractivity contribution in [1.29, 1.82) is 0 Å². The lowest BCUT2D eigenvalue weighted by atomic mass is 10.2. The average Bonchev–Trinajstić information content (AvgIpc) is 3.31. The molecular weight excluding hydrogens is 346 g/mol. The molecule has 3 heterocycles. The molecule has 0 saturated carbocycles. The van der Waals surface area contributed by atoms with Crippen LogP contribution in [0.1, 0.15) is 12.8 Å². The van der Waals surface area contributed by atoms with Crippen LogP contribution >= 0.6 is 11.3 Å². The quantitative estimate of drug-likeness (QED) is 0.754. The van der Waals surface area contributed by atoms with Crippen molar-refractivity contribution in [3.63, 3.8) is 0 Å². The van der Waals surface area contributed by atoms with Crippen LogP contribution in [0.15, 0.2) is 50.4 Å². The van der Waals surface area contributed by atoms with E-state index in [1.54, 1.807) is 17.5 Å². The van der Waals surface area contributed by atoms with Gasteiger partial charge in [-0.25, -0.2) is 13.1 Å². The van der Waals surface area contributed by atoms with Crippen LogP contribution in [0.2, 0.25) is 0 Å². The van der Waals surface area contributed by atoms with Gasteiger partial charge < -0.3 is 9.32 Å². The van der Waals surface area contributed by atoms with E-state index in [0.29, 0.717) is 16.8 Å². The number of sulfonamides is 1. The number of rotatable bonds is 5. The lowest BCUT2D eigenvalue weighted by Gasteiger charge is -2.22. The van der Waals surface area contributed by atoms with E-state index >= 15 is 0 Å². The fourth-order valence-corrected chi connectivity index (χ4v) is 5.09. The summed E-state index contributed by atoms with van der Waals surface area (Å²) < 4.78 is 33.4. The zero-order valence-electron chi connectivity index (χ0n) is 12.9. The smallest absolute Gasteiger partial charge is 0.298 e. The highest BCUT2D eigenvalue weighted by atomic mass is 32.2. The molecule has 1 saturated heterocycles. The summed E-state index contributed by atoms with van der Waals surface area (Å²) >= 11 is 1.22. The first-order valence-electron chi connectivity index (χ1n) is 7.79. The summed E-state index contributed by atoms with van der Waals surface area (Å²) in [5.74, 6) is 0. The fourth-order valence-electron chi connectivity index (χ4n) is 2.98. The lowest BCUT2D eigenvalue weighted by molar-refractivity contribution is 0.534. The molecule has 0 bridgehead atoms. The van der Waals surface area contributed by atoms with E-state index < -0.39 is 10.0 Å². The number of benzene rings is 1. The molecule has 1 N–H and O–H groups in total. The molecule has 6 nitrogen and oxygen atoms in total. The Kier molecular flexibility index (Phi) is 4.03. The average molecular weight is 363 g/mol. The lowest BCUT2D eigenvalue weighted by Crippen LogP contribution is -2.40. The Hall–Kier alpha value is -1.90. The first-order valence-corrected chi connectivity index (χ1v) is 10.2. The maximum Gasteiger partial charge on any atom is 0.298 e. The van der Waals surface area contributed by atoms with Crippen LogP contribution in [0.25, 0.3) is 11.1 Å². The third-order valence-corrected chi connectivity index (χ3v) is 7.00. The monoisotopic (exact) mass is 363 g/mol. The zero-order chi connectivity index (χ0) is 16.6. The Labute approximate surface area is 144 Å². The molecule has 3 aromatic rings. The van der Waals surface area contributed by atoms with E-state index in [-0.39, 0.29) is 6.04 Å². The molecule has 8 heteroatoms. The highest BCUT2D eigenvalue weighted by Crippen LogP contribution is 2.28. The van der Waals surface area contributed by atoms with E-state index in [2.05, 4.69) is 14.6 Å². The number of aromatic nitrogens is 1. The van der Waals surface area contributed by atoms with Crippen LogP contribution in [0.4, 0.5) is 6.01 Å². The second kappa shape index (κ2) is 6.19. The Morgan fingerprint density at radius 3 is 2.96 bits per heavy atom. The third kappa shape index (κ3) is 2.92. The summed E-state index contributed by atoms with van der Waals surface area (Å²) in [5, 5.41) is 1.76. The zero-order valence-corrected chi connectivity index (χ0v) is 14.5. The van der Waals surface area contributed by atoms with Crippen molar-refractivity contribution in [1.82, 2.24) is 9.71 Å². The van der Waals surface area contributed by atoms with Gasteiger partial charge in [0.15, 0.2) is 5.58 Å². The van der Waals surface area contributed by atoms with Gasteiger partial charge in [-0.3, -0.25) is 0 Å². The number of para-hydroxylation sites is 2. The van der Waals surface area contributed by atoms with E-state index in [9.17, 15) is 8.42 Å². The predicted octanol–water partition coefficient (Wildman–Crippen LogP) is 2.84. The van der Waals surface area contributed by atoms with Crippen molar-refractivity contribution in [3.8, 4) is 0 Å². The van der Waals surface area contributed by atoms with Gasteiger partial charge in [0.25, 0.3) is 6.01 Å². The van der Waals surface area contributed by atoms with E-state index in [4.69, 9.17) is 4.42 Å². The molecule has 1 aliphatic heterocycles. The second-order valence-electron chi connectivity index (χ2n) is 5.74. The van der Waals surface area contributed by atoms with Crippen molar-refractivity contribution in [3.05, 3.63) is 41.8 Å². The molecule has 126 valence electrons. The van der Waals surface area contributed by atoms with Gasteiger partial charge in [-0.1, -0.05) is 18.2 Å². The van der Waals surface area contributed by atoms with Crippen LogP contribution in [0, 0.1) is 0 Å². The minimum Gasteiger partial charge on any atom is -0.423 e. The predicted molar refractivity (Wildman–Crippen MR) is 93.9 cm³/mol. The fraction of sp³-hybridized carbons (Fsp3) is 0.312. The minimum atomic E-state index is -3.44. The Morgan fingerprint density at radius 2 is 2.17 bits per heavy atom. The summed E-state index contributed by atoms with van der Waals surface area (Å²) in [6.45, 7) is 1.16. The molecule has 1 atom stereocenters. The van der Waals surface area contributed by atoms with Crippen molar-refractivity contribution in [2.45, 2.75) is 23.1 Å². The van der Waals surface area contributed by atoms with Crippen LogP contribution in [0.3, 0.4) is 0 Å². The number of oxazole rings is 1. The standard InChI is InChI=1S/C16H17N3O3S2/c20-24(21,15-8-4-10-23-15)17-11-12-5-3-9-19(12)16-18-13-6-1-2-7-14(13)22-16/h1-2,4,6-8,10,12,17H,3,5,9,11H2. The van der Waals surface area contributed by atoms with Gasteiger partial charge in [0.1, 0.15) is 9.73 Å². The molecule has 24 heavy (non-hydrogen) atoms. The van der Waals surface area contributed by atoms with Crippen LogP contribution in [-0.2, 0) is 10.0 Å². The first-order chi connectivity index (χ1) is 11.6. The van der Waals surface area contributed by atoms with Gasteiger partial charge in [-0.2, -0.15) is 4.98 Å². The molecule has 1 aliphatic rings. The maximum atomic E-state index is 12.3. The van der Waals surface area contributed by atoms with Gasteiger partial charge in [0, 0.05) is 19.1 Å². The normalized spacial score (nSPS) is 18.5. The van der Waals surface area contributed by atoms with Crippen LogP contribution in [-0.4, -0.2) is 32.5 Å². The summed E-state index contributed by atoms with van der Waals surface area (Å²) in [6, 6.07) is 11.6. The van der Waals surface area contributed by atoms with Crippen LogP contribution in [0.5, 0.6) is 0 Å². The van der Waals surface area contributed by atoms with Gasteiger partial charge in [0.05, 0.1) is 0 Å². The number of hydrogen-bond donors (Lipinski definition) is 1. The number of thiophene rings is 1. The number of nitrogens with one attached hydrogen (secondary N) is 1. The number of nitrogens with zero attached hydrogens (tertiary/aromatic N) is 2. The van der Waals surface area contributed by atoms with E-state index in [1.807, 2.05) is 24.3 Å². The molecule has 0 amide bonds. The van der Waals surface area contributed by atoms with E-state index in [0.717, 1.165) is 30.5 Å². The highest BCUT2D eigenvalue weighted by molar-refractivity contribution is 7.91. The van der Waals surface area contributed by atoms with Crippen LogP contribution < -0.4 is 9.62 Å². The van der Waals surface area contributed by atoms with Crippen molar-refractivity contribution in [2.75, 3.05) is 18.0 Å². The summed E-state index contributed by atoms with van der Waals surface area (Å²) in [7, 11) is -3.44. The molecule has 0 spiro atoms. The molecule has 2 aromatic heterocycles. The molecule has 1 unspecified atom stereocenters. The first kappa shape index (κ1) is 15.6.